The van der Waals surface area contributed by atoms with Crippen LogP contribution >= 0.6 is 0 Å². The van der Waals surface area contributed by atoms with Gasteiger partial charge in [0.15, 0.2) is 23.0 Å². The van der Waals surface area contributed by atoms with E-state index in [9.17, 15) is 9.59 Å². The largest absolute Gasteiger partial charge is 0.489 e. The molecule has 2 aliphatic rings. The van der Waals surface area contributed by atoms with E-state index in [0.717, 1.165) is 5.75 Å². The summed E-state index contributed by atoms with van der Waals surface area (Å²) >= 11 is 0. The smallest absolute Gasteiger partial charge is 0.289 e. The second-order valence-corrected chi connectivity index (χ2v) is 8.17. The number of ether oxygens (including phenoxy) is 3. The molecular formula is C26H25NO6. The van der Waals surface area contributed by atoms with Crippen LogP contribution in [-0.4, -0.2) is 42.9 Å². The number of carbonyl (C=O) groups is 2. The third kappa shape index (κ3) is 4.58. The van der Waals surface area contributed by atoms with Gasteiger partial charge in [-0.25, -0.2) is 0 Å². The molecule has 1 aromatic heterocycles. The normalized spacial score (nSPS) is 15.8. The fraction of sp³-hybridized carbons (Fsp3) is 0.308. The van der Waals surface area contributed by atoms with E-state index < -0.39 is 0 Å². The zero-order valence-electron chi connectivity index (χ0n) is 18.2. The lowest BCUT2D eigenvalue weighted by molar-refractivity contribution is 0.0621. The summed E-state index contributed by atoms with van der Waals surface area (Å²) in [7, 11) is 0. The predicted octanol–water partition coefficient (Wildman–Crippen LogP) is 4.36. The highest BCUT2D eigenvalue weighted by Gasteiger charge is 2.31. The average molecular weight is 447 g/mol. The molecule has 1 amide bonds. The summed E-state index contributed by atoms with van der Waals surface area (Å²) in [6.07, 6.45) is 2.72. The van der Waals surface area contributed by atoms with E-state index in [1.807, 2.05) is 30.3 Å². The van der Waals surface area contributed by atoms with Gasteiger partial charge in [-0.3, -0.25) is 9.59 Å². The highest BCUT2D eigenvalue weighted by atomic mass is 16.6. The number of para-hydroxylation sites is 1. The van der Waals surface area contributed by atoms with Crippen LogP contribution in [0.15, 0.2) is 65.3 Å². The van der Waals surface area contributed by atoms with Gasteiger partial charge in [-0.2, -0.15) is 0 Å². The Hall–Kier alpha value is -3.74. The molecule has 3 heterocycles. The Kier molecular flexibility index (Phi) is 6.02. The van der Waals surface area contributed by atoms with Crippen LogP contribution in [0.3, 0.4) is 0 Å². The SMILES string of the molecule is O=C(c1ccc2c(c1)OCCO2)C1CCN(C(=O)c2occc2COc2ccccc2)CC1. The maximum atomic E-state index is 13.1. The van der Waals surface area contributed by atoms with Gasteiger partial charge in [-0.05, 0) is 49.2 Å². The molecule has 0 radical (unpaired) electrons. The molecule has 0 spiro atoms. The van der Waals surface area contributed by atoms with Gasteiger partial charge in [0.2, 0.25) is 0 Å². The number of carbonyl (C=O) groups excluding carboxylic acids is 2. The van der Waals surface area contributed by atoms with Crippen molar-refractivity contribution in [2.75, 3.05) is 26.3 Å². The van der Waals surface area contributed by atoms with Crippen molar-refractivity contribution in [2.24, 2.45) is 5.92 Å². The van der Waals surface area contributed by atoms with Gasteiger partial charge in [0.05, 0.1) is 6.26 Å². The molecule has 0 unspecified atom stereocenters. The van der Waals surface area contributed by atoms with Crippen molar-refractivity contribution < 1.29 is 28.2 Å². The van der Waals surface area contributed by atoms with Crippen molar-refractivity contribution in [1.82, 2.24) is 4.90 Å². The van der Waals surface area contributed by atoms with Crippen LogP contribution in [0.1, 0.15) is 39.3 Å². The molecular weight excluding hydrogens is 422 g/mol. The molecule has 33 heavy (non-hydrogen) atoms. The summed E-state index contributed by atoms with van der Waals surface area (Å²) in [5, 5.41) is 0. The molecule has 170 valence electrons. The Morgan fingerprint density at radius 2 is 1.70 bits per heavy atom. The number of hydrogen-bond donors (Lipinski definition) is 0. The molecule has 7 heteroatoms. The number of piperidine rings is 1. The lowest BCUT2D eigenvalue weighted by Crippen LogP contribution is -2.40. The standard InChI is InChI=1S/C26H25NO6/c28-24(19-6-7-22-23(16-19)31-15-14-30-22)18-8-11-27(12-9-18)26(29)25-20(10-13-32-25)17-33-21-4-2-1-3-5-21/h1-7,10,13,16,18H,8-9,11-12,14-15,17H2. The summed E-state index contributed by atoms with van der Waals surface area (Å²) in [6.45, 7) is 2.25. The van der Waals surface area contributed by atoms with Crippen molar-refractivity contribution in [1.29, 1.82) is 0 Å². The first-order valence-corrected chi connectivity index (χ1v) is 11.2. The minimum atomic E-state index is -0.170. The van der Waals surface area contributed by atoms with Crippen LogP contribution in [-0.2, 0) is 6.61 Å². The number of likely N-dealkylation sites (tertiary alicyclic amines) is 1. The molecule has 1 saturated heterocycles. The third-order valence-corrected chi connectivity index (χ3v) is 6.06. The van der Waals surface area contributed by atoms with Crippen LogP contribution in [0.2, 0.25) is 0 Å². The lowest BCUT2D eigenvalue weighted by atomic mass is 9.88. The Bertz CT molecular complexity index is 1130. The molecule has 1 fully saturated rings. The predicted molar refractivity (Wildman–Crippen MR) is 120 cm³/mol. The van der Waals surface area contributed by atoms with Crippen LogP contribution in [0.25, 0.3) is 0 Å². The molecule has 0 atom stereocenters. The first-order chi connectivity index (χ1) is 16.2. The fourth-order valence-corrected chi connectivity index (χ4v) is 4.24. The van der Waals surface area contributed by atoms with Crippen molar-refractivity contribution in [3.63, 3.8) is 0 Å². The van der Waals surface area contributed by atoms with Crippen molar-refractivity contribution >= 4 is 11.7 Å². The molecule has 7 nitrogen and oxygen atoms in total. The van der Waals surface area contributed by atoms with Gasteiger partial charge in [0.1, 0.15) is 25.6 Å². The van der Waals surface area contributed by atoms with Gasteiger partial charge in [-0.1, -0.05) is 18.2 Å². The number of hydrogen-bond acceptors (Lipinski definition) is 6. The van der Waals surface area contributed by atoms with Gasteiger partial charge >= 0.3 is 0 Å². The van der Waals surface area contributed by atoms with E-state index in [2.05, 4.69) is 0 Å². The molecule has 5 rings (SSSR count). The minimum absolute atomic E-state index is 0.0778. The number of fused-ring (bicyclic) bond motifs is 1. The minimum Gasteiger partial charge on any atom is -0.489 e. The van der Waals surface area contributed by atoms with E-state index in [4.69, 9.17) is 18.6 Å². The van der Waals surface area contributed by atoms with Crippen molar-refractivity contribution in [3.8, 4) is 17.2 Å². The molecule has 0 aliphatic carbocycles. The number of ketones is 1. The Balaban J connectivity index is 1.19. The average Bonchev–Trinajstić information content (AvgIpc) is 3.36. The lowest BCUT2D eigenvalue weighted by Gasteiger charge is -2.31. The highest BCUT2D eigenvalue weighted by molar-refractivity contribution is 5.99. The molecule has 0 saturated carbocycles. The Morgan fingerprint density at radius 1 is 0.939 bits per heavy atom. The molecule has 2 aromatic carbocycles. The summed E-state index contributed by atoms with van der Waals surface area (Å²) < 4.78 is 22.4. The highest BCUT2D eigenvalue weighted by Crippen LogP contribution is 2.33. The summed E-state index contributed by atoms with van der Waals surface area (Å²) in [4.78, 5) is 27.8. The second-order valence-electron chi connectivity index (χ2n) is 8.17. The summed E-state index contributed by atoms with van der Waals surface area (Å²) in [6, 6.07) is 16.5. The maximum Gasteiger partial charge on any atom is 0.289 e. The molecule has 0 bridgehead atoms. The summed E-state index contributed by atoms with van der Waals surface area (Å²) in [5.41, 5.74) is 1.33. The monoisotopic (exact) mass is 447 g/mol. The first kappa shape index (κ1) is 21.1. The topological polar surface area (TPSA) is 78.2 Å². The van der Waals surface area contributed by atoms with Crippen molar-refractivity contribution in [2.45, 2.75) is 19.4 Å². The summed E-state index contributed by atoms with van der Waals surface area (Å²) in [5.74, 6) is 2.09. The van der Waals surface area contributed by atoms with Gasteiger partial charge in [0.25, 0.3) is 5.91 Å². The number of nitrogens with zero attached hydrogens (tertiary/aromatic N) is 1. The van der Waals surface area contributed by atoms with E-state index in [1.165, 1.54) is 6.26 Å². The number of amides is 1. The second kappa shape index (κ2) is 9.40. The maximum absolute atomic E-state index is 13.1. The first-order valence-electron chi connectivity index (χ1n) is 11.2. The van der Waals surface area contributed by atoms with E-state index in [-0.39, 0.29) is 24.2 Å². The van der Waals surface area contributed by atoms with Crippen LogP contribution in [0.5, 0.6) is 17.2 Å². The van der Waals surface area contributed by atoms with Crippen molar-refractivity contribution in [3.05, 3.63) is 77.7 Å². The Labute approximate surface area is 191 Å². The third-order valence-electron chi connectivity index (χ3n) is 6.06. The van der Waals surface area contributed by atoms with Crippen LogP contribution < -0.4 is 14.2 Å². The fourth-order valence-electron chi connectivity index (χ4n) is 4.24. The van der Waals surface area contributed by atoms with E-state index in [1.54, 1.807) is 29.2 Å². The number of Topliss-reactive ketones (excluding diaryl/α,β-unsaturated/α-hetero) is 1. The van der Waals surface area contributed by atoms with Crippen LogP contribution in [0.4, 0.5) is 0 Å². The molecule has 2 aliphatic heterocycles. The number of furan rings is 1. The molecule has 3 aromatic rings. The van der Waals surface area contributed by atoms with E-state index in [0.29, 0.717) is 67.5 Å². The zero-order chi connectivity index (χ0) is 22.6. The van der Waals surface area contributed by atoms with Gasteiger partial charge in [-0.15, -0.1) is 0 Å². The van der Waals surface area contributed by atoms with E-state index >= 15 is 0 Å². The molecule has 0 N–H and O–H groups in total. The number of benzene rings is 2. The zero-order valence-corrected chi connectivity index (χ0v) is 18.2. The van der Waals surface area contributed by atoms with Gasteiger partial charge in [0, 0.05) is 30.1 Å². The quantitative estimate of drug-likeness (QED) is 0.523. The van der Waals surface area contributed by atoms with Gasteiger partial charge < -0.3 is 23.5 Å². The number of rotatable bonds is 6. The Morgan fingerprint density at radius 3 is 2.48 bits per heavy atom. The van der Waals surface area contributed by atoms with Crippen LogP contribution in [0, 0.1) is 5.92 Å².